The highest BCUT2D eigenvalue weighted by Gasteiger charge is 2.41. The Morgan fingerprint density at radius 2 is 1.86 bits per heavy atom. The monoisotopic (exact) mass is 321 g/mol. The smallest absolute Gasteiger partial charge is 0.435 e. The van der Waals surface area contributed by atoms with E-state index in [1.807, 2.05) is 0 Å². The molecule has 0 fully saturated rings. The molecule has 0 aliphatic rings. The maximum atomic E-state index is 12.7. The van der Waals surface area contributed by atoms with Gasteiger partial charge in [-0.05, 0) is 6.42 Å². The molecule has 6 nitrogen and oxygen atoms in total. The SMILES string of the molecule is O=C(O)c1nnn(CCCOCC(F)(F)F)c1C(F)(F)F. The van der Waals surface area contributed by atoms with Crippen molar-refractivity contribution in [1.82, 2.24) is 15.0 Å². The molecule has 1 N–H and O–H groups in total. The zero-order chi connectivity index (χ0) is 16.3. The quantitative estimate of drug-likeness (QED) is 0.640. The fourth-order valence-corrected chi connectivity index (χ4v) is 1.40. The summed E-state index contributed by atoms with van der Waals surface area (Å²) in [4.78, 5) is 10.6. The van der Waals surface area contributed by atoms with Crippen LogP contribution in [0, 0.1) is 0 Å². The van der Waals surface area contributed by atoms with Crippen LogP contribution >= 0.6 is 0 Å². The highest BCUT2D eigenvalue weighted by atomic mass is 19.4. The van der Waals surface area contributed by atoms with Crippen LogP contribution in [-0.4, -0.2) is 45.5 Å². The molecule has 21 heavy (non-hydrogen) atoms. The standard InChI is InChI=1S/C9H9F6N3O3/c10-8(11,12)4-21-3-1-2-18-6(9(13,14)15)5(7(19)20)16-17-18/h1-4H2,(H,19,20). The first-order valence-corrected chi connectivity index (χ1v) is 5.41. The second-order valence-corrected chi connectivity index (χ2v) is 3.83. The molecule has 1 aromatic rings. The third-order valence-corrected chi connectivity index (χ3v) is 2.13. The molecule has 0 saturated carbocycles. The predicted octanol–water partition coefficient (Wildman–Crippen LogP) is 1.96. The third-order valence-electron chi connectivity index (χ3n) is 2.13. The second-order valence-electron chi connectivity index (χ2n) is 3.83. The fraction of sp³-hybridized carbons (Fsp3) is 0.667. The van der Waals surface area contributed by atoms with Gasteiger partial charge in [0.25, 0.3) is 0 Å². The highest BCUT2D eigenvalue weighted by molar-refractivity contribution is 5.86. The van der Waals surface area contributed by atoms with Crippen LogP contribution in [0.3, 0.4) is 0 Å². The van der Waals surface area contributed by atoms with E-state index < -0.39 is 49.5 Å². The molecule has 1 rings (SSSR count). The van der Waals surface area contributed by atoms with Crippen molar-refractivity contribution < 1.29 is 41.0 Å². The zero-order valence-corrected chi connectivity index (χ0v) is 10.2. The number of alkyl halides is 6. The van der Waals surface area contributed by atoms with E-state index in [-0.39, 0.29) is 11.1 Å². The summed E-state index contributed by atoms with van der Waals surface area (Å²) in [5.74, 6) is -1.90. The molecule has 0 bridgehead atoms. The van der Waals surface area contributed by atoms with Crippen LogP contribution in [0.5, 0.6) is 0 Å². The van der Waals surface area contributed by atoms with Crippen molar-refractivity contribution >= 4 is 5.97 Å². The third kappa shape index (κ3) is 5.21. The van der Waals surface area contributed by atoms with Gasteiger partial charge in [-0.3, -0.25) is 0 Å². The Morgan fingerprint density at radius 1 is 1.24 bits per heavy atom. The van der Waals surface area contributed by atoms with Gasteiger partial charge in [-0.25, -0.2) is 9.48 Å². The molecule has 12 heteroatoms. The Labute approximate surface area is 113 Å². The van der Waals surface area contributed by atoms with E-state index in [1.165, 1.54) is 0 Å². The number of aromatic carboxylic acids is 1. The number of nitrogens with zero attached hydrogens (tertiary/aromatic N) is 3. The van der Waals surface area contributed by atoms with E-state index in [0.29, 0.717) is 0 Å². The first-order chi connectivity index (χ1) is 9.52. The summed E-state index contributed by atoms with van der Waals surface area (Å²) in [7, 11) is 0. The number of rotatable bonds is 6. The maximum Gasteiger partial charge on any atom is 0.435 e. The van der Waals surface area contributed by atoms with Crippen molar-refractivity contribution in [3.8, 4) is 0 Å². The van der Waals surface area contributed by atoms with Gasteiger partial charge in [0.1, 0.15) is 6.61 Å². The summed E-state index contributed by atoms with van der Waals surface area (Å²) >= 11 is 0. The number of carboxylic acids is 1. The van der Waals surface area contributed by atoms with Crippen molar-refractivity contribution in [3.63, 3.8) is 0 Å². The van der Waals surface area contributed by atoms with Crippen molar-refractivity contribution in [2.45, 2.75) is 25.3 Å². The van der Waals surface area contributed by atoms with Gasteiger partial charge >= 0.3 is 18.3 Å². The van der Waals surface area contributed by atoms with E-state index in [9.17, 15) is 31.1 Å². The molecule has 1 aromatic heterocycles. The van der Waals surface area contributed by atoms with Crippen LogP contribution in [0.25, 0.3) is 0 Å². The first-order valence-electron chi connectivity index (χ1n) is 5.41. The average Bonchev–Trinajstić information content (AvgIpc) is 2.70. The lowest BCUT2D eigenvalue weighted by Gasteiger charge is -2.10. The maximum absolute atomic E-state index is 12.7. The molecule has 0 unspecified atom stereocenters. The number of hydrogen-bond donors (Lipinski definition) is 1. The number of ether oxygens (including phenoxy) is 1. The van der Waals surface area contributed by atoms with Gasteiger partial charge in [0.05, 0.1) is 0 Å². The minimum Gasteiger partial charge on any atom is -0.476 e. The number of hydrogen-bond acceptors (Lipinski definition) is 4. The van der Waals surface area contributed by atoms with E-state index in [2.05, 4.69) is 15.0 Å². The van der Waals surface area contributed by atoms with Gasteiger partial charge < -0.3 is 9.84 Å². The van der Waals surface area contributed by atoms with Gasteiger partial charge in [0, 0.05) is 13.2 Å². The Bertz CT molecular complexity index is 496. The van der Waals surface area contributed by atoms with Gasteiger partial charge in [0.2, 0.25) is 5.69 Å². The van der Waals surface area contributed by atoms with Gasteiger partial charge in [-0.2, -0.15) is 26.3 Å². The van der Waals surface area contributed by atoms with Crippen LogP contribution in [0.4, 0.5) is 26.3 Å². The average molecular weight is 321 g/mol. The van der Waals surface area contributed by atoms with Crippen molar-refractivity contribution in [3.05, 3.63) is 11.4 Å². The minimum atomic E-state index is -5.00. The summed E-state index contributed by atoms with van der Waals surface area (Å²) < 4.78 is 77.8. The summed E-state index contributed by atoms with van der Waals surface area (Å²) in [6.45, 7) is -2.46. The predicted molar refractivity (Wildman–Crippen MR) is 53.5 cm³/mol. The number of carbonyl (C=O) groups is 1. The van der Waals surface area contributed by atoms with Crippen molar-refractivity contribution in [1.29, 1.82) is 0 Å². The first kappa shape index (κ1) is 17.2. The highest BCUT2D eigenvalue weighted by Crippen LogP contribution is 2.31. The number of aryl methyl sites for hydroxylation is 1. The van der Waals surface area contributed by atoms with Crippen LogP contribution < -0.4 is 0 Å². The van der Waals surface area contributed by atoms with Crippen molar-refractivity contribution in [2.24, 2.45) is 0 Å². The Balaban J connectivity index is 2.66. The van der Waals surface area contributed by atoms with E-state index in [4.69, 9.17) is 5.11 Å². The topological polar surface area (TPSA) is 77.2 Å². The summed E-state index contributed by atoms with van der Waals surface area (Å²) in [6, 6.07) is 0. The van der Waals surface area contributed by atoms with Gasteiger partial charge in [-0.1, -0.05) is 5.21 Å². The molecule has 1 heterocycles. The molecule has 0 aromatic carbocycles. The Kier molecular flexibility index (Phi) is 5.15. The van der Waals surface area contributed by atoms with Gasteiger partial charge in [0.15, 0.2) is 5.69 Å². The summed E-state index contributed by atoms with van der Waals surface area (Å²) in [6.07, 6.45) is -9.74. The largest absolute Gasteiger partial charge is 0.476 e. The molecular weight excluding hydrogens is 312 g/mol. The molecule has 0 aliphatic heterocycles. The molecule has 0 spiro atoms. The molecule has 0 saturated heterocycles. The lowest BCUT2D eigenvalue weighted by molar-refractivity contribution is -0.174. The lowest BCUT2D eigenvalue weighted by atomic mass is 10.3. The van der Waals surface area contributed by atoms with E-state index >= 15 is 0 Å². The molecule has 120 valence electrons. The van der Waals surface area contributed by atoms with Crippen LogP contribution in [0.1, 0.15) is 22.6 Å². The molecule has 0 atom stereocenters. The van der Waals surface area contributed by atoms with Crippen LogP contribution in [-0.2, 0) is 17.5 Å². The zero-order valence-electron chi connectivity index (χ0n) is 10.2. The molecular formula is C9H9F6N3O3. The van der Waals surface area contributed by atoms with Gasteiger partial charge in [-0.15, -0.1) is 5.10 Å². The summed E-state index contributed by atoms with van der Waals surface area (Å²) in [5.41, 5.74) is -2.83. The number of aromatic nitrogens is 3. The second kappa shape index (κ2) is 6.28. The molecule has 0 aliphatic carbocycles. The van der Waals surface area contributed by atoms with E-state index in [1.54, 1.807) is 0 Å². The van der Waals surface area contributed by atoms with Crippen molar-refractivity contribution in [2.75, 3.05) is 13.2 Å². The molecule has 0 amide bonds. The Hall–Kier alpha value is -1.85. The normalized spacial score (nSPS) is 12.7. The molecule has 0 radical (unpaired) electrons. The minimum absolute atomic E-state index is 0.221. The summed E-state index contributed by atoms with van der Waals surface area (Å²) in [5, 5.41) is 14.5. The lowest BCUT2D eigenvalue weighted by Crippen LogP contribution is -2.20. The number of halogens is 6. The van der Waals surface area contributed by atoms with E-state index in [0.717, 1.165) is 0 Å². The Morgan fingerprint density at radius 3 is 2.33 bits per heavy atom. The number of carboxylic acid groups (broad SMARTS) is 1. The fourth-order valence-electron chi connectivity index (χ4n) is 1.40. The van der Waals surface area contributed by atoms with Crippen LogP contribution in [0.15, 0.2) is 0 Å². The van der Waals surface area contributed by atoms with Crippen LogP contribution in [0.2, 0.25) is 0 Å².